The predicted octanol–water partition coefficient (Wildman–Crippen LogP) is 3.14. The Bertz CT molecular complexity index is 253. The molecule has 0 N–H and O–H groups in total. The summed E-state index contributed by atoms with van der Waals surface area (Å²) in [6.45, 7) is 5.98. The van der Waals surface area contributed by atoms with Gasteiger partial charge >= 0.3 is 0 Å². The van der Waals surface area contributed by atoms with Crippen LogP contribution in [-0.4, -0.2) is 11.6 Å². The Morgan fingerprint density at radius 1 is 1.47 bits per heavy atom. The molecule has 0 amide bonds. The van der Waals surface area contributed by atoms with Crippen molar-refractivity contribution in [3.8, 4) is 0 Å². The van der Waals surface area contributed by atoms with Gasteiger partial charge in [-0.2, -0.15) is 0 Å². The van der Waals surface area contributed by atoms with Gasteiger partial charge in [0, 0.05) is 18.8 Å². The lowest BCUT2D eigenvalue weighted by atomic mass is 9.66. The minimum atomic E-state index is 0.145. The molecule has 1 aliphatic carbocycles. The molecular weight excluding hydrogens is 188 g/mol. The molecule has 0 heterocycles. The fourth-order valence-corrected chi connectivity index (χ4v) is 2.61. The lowest BCUT2D eigenvalue weighted by Crippen LogP contribution is -2.35. The number of hydrogen-bond acceptors (Lipinski definition) is 2. The zero-order valence-corrected chi connectivity index (χ0v) is 10.1. The van der Waals surface area contributed by atoms with Crippen LogP contribution in [0.3, 0.4) is 0 Å². The van der Waals surface area contributed by atoms with Crippen molar-refractivity contribution in [1.82, 2.24) is 0 Å². The van der Waals surface area contributed by atoms with Crippen LogP contribution in [0.15, 0.2) is 0 Å². The second kappa shape index (κ2) is 4.91. The van der Waals surface area contributed by atoms with Gasteiger partial charge in [0.25, 0.3) is 0 Å². The van der Waals surface area contributed by atoms with Gasteiger partial charge in [0.2, 0.25) is 0 Å². The van der Waals surface area contributed by atoms with Crippen LogP contribution in [0.25, 0.3) is 0 Å². The van der Waals surface area contributed by atoms with E-state index in [4.69, 9.17) is 0 Å². The normalized spacial score (nSPS) is 25.3. The molecule has 0 saturated heterocycles. The van der Waals surface area contributed by atoms with Crippen molar-refractivity contribution in [3.63, 3.8) is 0 Å². The van der Waals surface area contributed by atoms with Crippen LogP contribution in [0.2, 0.25) is 0 Å². The van der Waals surface area contributed by atoms with Crippen LogP contribution in [0.4, 0.5) is 0 Å². The lowest BCUT2D eigenvalue weighted by Gasteiger charge is -2.37. The SMILES string of the molecule is CC(=O)CCCC1C(=O)CCCC1(C)C. The van der Waals surface area contributed by atoms with Gasteiger partial charge in [-0.05, 0) is 38.0 Å². The molecule has 0 aromatic carbocycles. The first-order valence-electron chi connectivity index (χ1n) is 5.95. The van der Waals surface area contributed by atoms with Gasteiger partial charge in [-0.1, -0.05) is 13.8 Å². The fraction of sp³-hybridized carbons (Fsp3) is 0.846. The largest absolute Gasteiger partial charge is 0.300 e. The molecule has 2 heteroatoms. The van der Waals surface area contributed by atoms with Gasteiger partial charge in [-0.3, -0.25) is 4.79 Å². The molecule has 2 nitrogen and oxygen atoms in total. The predicted molar refractivity (Wildman–Crippen MR) is 60.7 cm³/mol. The monoisotopic (exact) mass is 210 g/mol. The Morgan fingerprint density at radius 3 is 2.67 bits per heavy atom. The molecule has 1 saturated carbocycles. The third-order valence-electron chi connectivity index (χ3n) is 3.60. The van der Waals surface area contributed by atoms with Gasteiger partial charge < -0.3 is 4.79 Å². The van der Waals surface area contributed by atoms with Crippen LogP contribution in [0.5, 0.6) is 0 Å². The van der Waals surface area contributed by atoms with E-state index in [1.807, 2.05) is 0 Å². The number of carbonyl (C=O) groups excluding carboxylic acids is 2. The fourth-order valence-electron chi connectivity index (χ4n) is 2.61. The molecule has 86 valence electrons. The van der Waals surface area contributed by atoms with E-state index in [0.717, 1.165) is 32.1 Å². The van der Waals surface area contributed by atoms with Gasteiger partial charge in [0.05, 0.1) is 0 Å². The topological polar surface area (TPSA) is 34.1 Å². The van der Waals surface area contributed by atoms with E-state index in [2.05, 4.69) is 13.8 Å². The molecule has 0 bridgehead atoms. The lowest BCUT2D eigenvalue weighted by molar-refractivity contribution is -0.130. The second-order valence-electron chi connectivity index (χ2n) is 5.46. The van der Waals surface area contributed by atoms with Crippen LogP contribution in [0.1, 0.15) is 59.3 Å². The van der Waals surface area contributed by atoms with E-state index in [-0.39, 0.29) is 17.1 Å². The maximum Gasteiger partial charge on any atom is 0.136 e. The minimum Gasteiger partial charge on any atom is -0.300 e. The summed E-state index contributed by atoms with van der Waals surface area (Å²) in [5.41, 5.74) is 0.145. The highest BCUT2D eigenvalue weighted by Crippen LogP contribution is 2.41. The first kappa shape index (κ1) is 12.4. The van der Waals surface area contributed by atoms with Crippen LogP contribution < -0.4 is 0 Å². The van der Waals surface area contributed by atoms with E-state index in [1.165, 1.54) is 0 Å². The van der Waals surface area contributed by atoms with E-state index >= 15 is 0 Å². The summed E-state index contributed by atoms with van der Waals surface area (Å²) in [4.78, 5) is 22.6. The van der Waals surface area contributed by atoms with E-state index in [9.17, 15) is 9.59 Å². The highest BCUT2D eigenvalue weighted by molar-refractivity contribution is 5.82. The average molecular weight is 210 g/mol. The molecule has 0 aromatic rings. The summed E-state index contributed by atoms with van der Waals surface area (Å²) in [7, 11) is 0. The molecule has 0 aliphatic heterocycles. The quantitative estimate of drug-likeness (QED) is 0.714. The van der Waals surface area contributed by atoms with E-state index in [1.54, 1.807) is 6.92 Å². The molecule has 0 radical (unpaired) electrons. The third kappa shape index (κ3) is 3.44. The van der Waals surface area contributed by atoms with Crippen molar-refractivity contribution in [3.05, 3.63) is 0 Å². The Balaban J connectivity index is 2.49. The zero-order valence-electron chi connectivity index (χ0n) is 10.1. The van der Waals surface area contributed by atoms with Gasteiger partial charge in [-0.15, -0.1) is 0 Å². The maximum absolute atomic E-state index is 11.8. The number of rotatable bonds is 4. The minimum absolute atomic E-state index is 0.145. The van der Waals surface area contributed by atoms with Crippen LogP contribution >= 0.6 is 0 Å². The third-order valence-corrected chi connectivity index (χ3v) is 3.60. The first-order valence-corrected chi connectivity index (χ1v) is 5.95. The maximum atomic E-state index is 11.8. The van der Waals surface area contributed by atoms with E-state index < -0.39 is 0 Å². The highest BCUT2D eigenvalue weighted by Gasteiger charge is 2.37. The number of hydrogen-bond donors (Lipinski definition) is 0. The molecule has 1 unspecified atom stereocenters. The van der Waals surface area contributed by atoms with Gasteiger partial charge in [0.15, 0.2) is 0 Å². The summed E-state index contributed by atoms with van der Waals surface area (Å²) in [6.07, 6.45) is 5.31. The van der Waals surface area contributed by atoms with E-state index in [0.29, 0.717) is 12.2 Å². The Morgan fingerprint density at radius 2 is 2.13 bits per heavy atom. The van der Waals surface area contributed by atoms with Gasteiger partial charge in [0.1, 0.15) is 11.6 Å². The Kier molecular flexibility index (Phi) is 4.06. The van der Waals surface area contributed by atoms with Crippen molar-refractivity contribution < 1.29 is 9.59 Å². The van der Waals surface area contributed by atoms with Crippen molar-refractivity contribution in [2.45, 2.75) is 59.3 Å². The second-order valence-corrected chi connectivity index (χ2v) is 5.46. The number of Topliss-reactive ketones (excluding diaryl/α,β-unsaturated/α-hetero) is 2. The van der Waals surface area contributed by atoms with Crippen LogP contribution in [-0.2, 0) is 9.59 Å². The zero-order chi connectivity index (χ0) is 11.5. The molecule has 1 rings (SSSR count). The molecule has 1 fully saturated rings. The standard InChI is InChI=1S/C13H22O2/c1-10(14)6-4-7-11-12(15)8-5-9-13(11,2)3/h11H,4-9H2,1-3H3. The summed E-state index contributed by atoms with van der Waals surface area (Å²) >= 11 is 0. The Labute approximate surface area is 92.4 Å². The Hall–Kier alpha value is -0.660. The molecule has 1 aliphatic rings. The molecular formula is C13H22O2. The highest BCUT2D eigenvalue weighted by atomic mass is 16.1. The number of carbonyl (C=O) groups is 2. The molecule has 1 atom stereocenters. The smallest absolute Gasteiger partial charge is 0.136 e. The molecule has 0 spiro atoms. The van der Waals surface area contributed by atoms with Crippen molar-refractivity contribution in [1.29, 1.82) is 0 Å². The van der Waals surface area contributed by atoms with Gasteiger partial charge in [-0.25, -0.2) is 0 Å². The van der Waals surface area contributed by atoms with Crippen molar-refractivity contribution in [2.75, 3.05) is 0 Å². The molecule has 15 heavy (non-hydrogen) atoms. The number of ketones is 2. The summed E-state index contributed by atoms with van der Waals surface area (Å²) in [5.74, 6) is 0.830. The average Bonchev–Trinajstić information content (AvgIpc) is 2.09. The van der Waals surface area contributed by atoms with Crippen molar-refractivity contribution in [2.24, 2.45) is 11.3 Å². The first-order chi connectivity index (χ1) is 6.93. The van der Waals surface area contributed by atoms with Crippen molar-refractivity contribution >= 4 is 11.6 Å². The van der Waals surface area contributed by atoms with Crippen LogP contribution in [0, 0.1) is 11.3 Å². The summed E-state index contributed by atoms with van der Waals surface area (Å²) in [6, 6.07) is 0. The summed E-state index contributed by atoms with van der Waals surface area (Å²) in [5, 5.41) is 0. The summed E-state index contributed by atoms with van der Waals surface area (Å²) < 4.78 is 0. The molecule has 0 aromatic heterocycles.